The van der Waals surface area contributed by atoms with Crippen LogP contribution in [0.3, 0.4) is 0 Å². The normalized spacial score (nSPS) is 21.3. The molecule has 0 unspecified atom stereocenters. The van der Waals surface area contributed by atoms with Crippen molar-refractivity contribution in [2.24, 2.45) is 4.99 Å². The average molecular weight is 379 g/mol. The van der Waals surface area contributed by atoms with Crippen molar-refractivity contribution >= 4 is 5.69 Å². The van der Waals surface area contributed by atoms with Crippen LogP contribution in [-0.2, 0) is 6.42 Å². The molecular weight excluding hydrogens is 340 g/mol. The van der Waals surface area contributed by atoms with Gasteiger partial charge < -0.3 is 4.90 Å². The lowest BCUT2D eigenvalue weighted by Gasteiger charge is -2.41. The van der Waals surface area contributed by atoms with Crippen LogP contribution >= 0.6 is 0 Å². The number of anilines is 1. The van der Waals surface area contributed by atoms with E-state index in [2.05, 4.69) is 49.1 Å². The molecule has 2 fully saturated rings. The van der Waals surface area contributed by atoms with Crippen LogP contribution in [0.4, 0.5) is 5.69 Å². The predicted molar refractivity (Wildman–Crippen MR) is 120 cm³/mol. The van der Waals surface area contributed by atoms with Crippen LogP contribution in [0, 0.1) is 6.92 Å². The Balaban J connectivity index is 1.55. The minimum atomic E-state index is 0.407. The molecule has 2 heteroatoms. The SMILES string of the molecule is CC[C@H](Cc1ccccc1)N=c1c(C)c1N(C1CCCCC1)C1CCCCC1. The van der Waals surface area contributed by atoms with Crippen LogP contribution in [0.15, 0.2) is 35.3 Å². The van der Waals surface area contributed by atoms with E-state index in [1.165, 1.54) is 80.7 Å². The molecule has 0 radical (unpaired) electrons. The largest absolute Gasteiger partial charge is 0.364 e. The summed E-state index contributed by atoms with van der Waals surface area (Å²) in [6.45, 7) is 4.61. The topological polar surface area (TPSA) is 15.6 Å². The minimum absolute atomic E-state index is 0.407. The first-order valence-electron chi connectivity index (χ1n) is 11.9. The molecule has 0 heterocycles. The standard InChI is InChI=1S/C26H38N2/c1-3-22(19-21-13-7-4-8-14-21)27-25-20(2)26(25)28(23-15-9-5-10-16-23)24-17-11-6-12-18-24/h4,7-8,13-14,22-24H,3,5-6,9-12,15-19H2,1-2H3/t22-/m1/s1. The lowest BCUT2D eigenvalue weighted by atomic mass is 9.88. The van der Waals surface area contributed by atoms with E-state index in [0.717, 1.165) is 24.9 Å². The first-order chi connectivity index (χ1) is 13.8. The van der Waals surface area contributed by atoms with Gasteiger partial charge in [0.05, 0.1) is 17.1 Å². The van der Waals surface area contributed by atoms with E-state index < -0.39 is 0 Å². The molecule has 0 amide bonds. The van der Waals surface area contributed by atoms with Crippen molar-refractivity contribution < 1.29 is 0 Å². The zero-order valence-corrected chi connectivity index (χ0v) is 18.0. The smallest absolute Gasteiger partial charge is 0.0865 e. The number of hydrogen-bond donors (Lipinski definition) is 0. The molecule has 0 aromatic heterocycles. The zero-order chi connectivity index (χ0) is 19.3. The molecule has 0 saturated heterocycles. The third kappa shape index (κ3) is 4.53. The Bertz CT molecular complexity index is 723. The molecule has 0 bridgehead atoms. The number of rotatable bonds is 7. The Morgan fingerprint density at radius 1 is 0.893 bits per heavy atom. The summed E-state index contributed by atoms with van der Waals surface area (Å²) in [5.41, 5.74) is 4.45. The molecule has 2 aliphatic rings. The molecule has 4 rings (SSSR count). The van der Waals surface area contributed by atoms with E-state index in [4.69, 9.17) is 4.99 Å². The van der Waals surface area contributed by atoms with E-state index >= 15 is 0 Å². The maximum Gasteiger partial charge on any atom is 0.0865 e. The highest BCUT2D eigenvalue weighted by Crippen LogP contribution is 2.36. The third-order valence-electron chi connectivity index (χ3n) is 7.16. The highest BCUT2D eigenvalue weighted by molar-refractivity contribution is 5.66. The first kappa shape index (κ1) is 19.7. The Morgan fingerprint density at radius 3 is 2.00 bits per heavy atom. The van der Waals surface area contributed by atoms with Gasteiger partial charge in [-0.25, -0.2) is 0 Å². The zero-order valence-electron chi connectivity index (χ0n) is 18.0. The summed E-state index contributed by atoms with van der Waals surface area (Å²) >= 11 is 0. The van der Waals surface area contributed by atoms with Gasteiger partial charge in [0.2, 0.25) is 0 Å². The van der Waals surface area contributed by atoms with Crippen molar-refractivity contribution in [1.82, 2.24) is 0 Å². The molecular formula is C26H38N2. The summed E-state index contributed by atoms with van der Waals surface area (Å²) < 4.78 is 0. The van der Waals surface area contributed by atoms with Gasteiger partial charge in [-0.05, 0) is 51.0 Å². The fraction of sp³-hybridized carbons (Fsp3) is 0.654. The van der Waals surface area contributed by atoms with Gasteiger partial charge in [-0.15, -0.1) is 0 Å². The Labute approximate surface area is 171 Å². The molecule has 2 aliphatic carbocycles. The highest BCUT2D eigenvalue weighted by atomic mass is 15.2. The second-order valence-corrected chi connectivity index (χ2v) is 9.19. The maximum absolute atomic E-state index is 5.28. The fourth-order valence-corrected chi connectivity index (χ4v) is 5.46. The second-order valence-electron chi connectivity index (χ2n) is 9.19. The fourth-order valence-electron chi connectivity index (χ4n) is 5.46. The molecule has 0 N–H and O–H groups in total. The summed E-state index contributed by atoms with van der Waals surface area (Å²) in [4.78, 5) is 8.15. The molecule has 2 saturated carbocycles. The van der Waals surface area contributed by atoms with Crippen LogP contribution < -0.4 is 10.3 Å². The number of nitrogens with zero attached hydrogens (tertiary/aromatic N) is 2. The van der Waals surface area contributed by atoms with E-state index in [1.54, 1.807) is 5.69 Å². The van der Waals surface area contributed by atoms with Gasteiger partial charge in [0.25, 0.3) is 0 Å². The Morgan fingerprint density at radius 2 is 1.46 bits per heavy atom. The summed E-state index contributed by atoms with van der Waals surface area (Å²) in [6, 6.07) is 12.8. The van der Waals surface area contributed by atoms with E-state index in [1.807, 2.05) is 0 Å². The van der Waals surface area contributed by atoms with Gasteiger partial charge in [0.15, 0.2) is 0 Å². The monoisotopic (exact) mass is 378 g/mol. The van der Waals surface area contributed by atoms with Gasteiger partial charge in [-0.3, -0.25) is 4.99 Å². The van der Waals surface area contributed by atoms with Crippen molar-refractivity contribution in [3.63, 3.8) is 0 Å². The lowest BCUT2D eigenvalue weighted by molar-refractivity contribution is 0.341. The lowest BCUT2D eigenvalue weighted by Crippen LogP contribution is -2.45. The predicted octanol–water partition coefficient (Wildman–Crippen LogP) is 6.26. The molecule has 2 aromatic rings. The third-order valence-corrected chi connectivity index (χ3v) is 7.16. The van der Waals surface area contributed by atoms with Crippen molar-refractivity contribution in [1.29, 1.82) is 0 Å². The Hall–Kier alpha value is -1.57. The Kier molecular flexibility index (Phi) is 6.54. The van der Waals surface area contributed by atoms with Crippen molar-refractivity contribution in [2.75, 3.05) is 4.90 Å². The van der Waals surface area contributed by atoms with Gasteiger partial charge >= 0.3 is 0 Å². The van der Waals surface area contributed by atoms with Crippen molar-refractivity contribution in [3.8, 4) is 0 Å². The molecule has 2 aromatic carbocycles. The molecule has 1 atom stereocenters. The van der Waals surface area contributed by atoms with Gasteiger partial charge in [-0.2, -0.15) is 0 Å². The summed E-state index contributed by atoms with van der Waals surface area (Å²) in [6.07, 6.45) is 16.3. The first-order valence-corrected chi connectivity index (χ1v) is 11.9. The summed E-state index contributed by atoms with van der Waals surface area (Å²) in [5, 5.41) is 1.36. The van der Waals surface area contributed by atoms with Crippen LogP contribution in [0.2, 0.25) is 0 Å². The van der Waals surface area contributed by atoms with Crippen molar-refractivity contribution in [3.05, 3.63) is 46.8 Å². The number of benzene rings is 1. The second kappa shape index (κ2) is 9.29. The quantitative estimate of drug-likeness (QED) is 0.555. The van der Waals surface area contributed by atoms with Crippen LogP contribution in [0.25, 0.3) is 0 Å². The molecule has 152 valence electrons. The van der Waals surface area contributed by atoms with Crippen LogP contribution in [0.5, 0.6) is 0 Å². The summed E-state index contributed by atoms with van der Waals surface area (Å²) in [7, 11) is 0. The number of hydrogen-bond acceptors (Lipinski definition) is 2. The van der Waals surface area contributed by atoms with Gasteiger partial charge in [-0.1, -0.05) is 75.8 Å². The summed E-state index contributed by atoms with van der Waals surface area (Å²) in [5.74, 6) is 0. The average Bonchev–Trinajstić information content (AvgIpc) is 3.38. The molecule has 28 heavy (non-hydrogen) atoms. The molecule has 2 nitrogen and oxygen atoms in total. The van der Waals surface area contributed by atoms with Gasteiger partial charge in [0, 0.05) is 17.6 Å². The maximum atomic E-state index is 5.28. The van der Waals surface area contributed by atoms with E-state index in [9.17, 15) is 0 Å². The molecule has 0 aliphatic heterocycles. The van der Waals surface area contributed by atoms with E-state index in [-0.39, 0.29) is 0 Å². The van der Waals surface area contributed by atoms with E-state index in [0.29, 0.717) is 6.04 Å². The van der Waals surface area contributed by atoms with Crippen LogP contribution in [0.1, 0.15) is 88.7 Å². The van der Waals surface area contributed by atoms with Gasteiger partial charge in [0.1, 0.15) is 0 Å². The minimum Gasteiger partial charge on any atom is -0.364 e. The van der Waals surface area contributed by atoms with Crippen molar-refractivity contribution in [2.45, 2.75) is 109 Å². The van der Waals surface area contributed by atoms with Crippen LogP contribution in [-0.4, -0.2) is 18.1 Å². The highest BCUT2D eigenvalue weighted by Gasteiger charge is 2.34. The molecule has 0 spiro atoms.